The van der Waals surface area contributed by atoms with Gasteiger partial charge in [0.2, 0.25) is 0 Å². The second-order valence-corrected chi connectivity index (χ2v) is 5.72. The van der Waals surface area contributed by atoms with Crippen LogP contribution in [0.3, 0.4) is 0 Å². The molecule has 1 unspecified atom stereocenters. The predicted octanol–water partition coefficient (Wildman–Crippen LogP) is 4.21. The first kappa shape index (κ1) is 14.1. The molecule has 1 aromatic carbocycles. The van der Waals surface area contributed by atoms with Crippen LogP contribution in [0, 0.1) is 6.92 Å². The van der Waals surface area contributed by atoms with Gasteiger partial charge in [-0.2, -0.15) is 0 Å². The van der Waals surface area contributed by atoms with Gasteiger partial charge < -0.3 is 5.32 Å². The first-order chi connectivity index (χ1) is 9.19. The van der Waals surface area contributed by atoms with Gasteiger partial charge in [0.25, 0.3) is 0 Å². The van der Waals surface area contributed by atoms with E-state index in [9.17, 15) is 0 Å². The molecule has 0 spiro atoms. The summed E-state index contributed by atoms with van der Waals surface area (Å²) < 4.78 is 0. The fourth-order valence-electron chi connectivity index (χ4n) is 1.90. The van der Waals surface area contributed by atoms with Crippen molar-refractivity contribution >= 4 is 11.8 Å². The Morgan fingerprint density at radius 1 is 1.21 bits per heavy atom. The molecule has 0 aliphatic carbocycles. The van der Waals surface area contributed by atoms with Gasteiger partial charge in [-0.3, -0.25) is 0 Å². The van der Waals surface area contributed by atoms with Crippen molar-refractivity contribution in [2.45, 2.75) is 36.7 Å². The fraction of sp³-hybridized carbons (Fsp3) is 0.312. The Morgan fingerprint density at radius 3 is 2.63 bits per heavy atom. The Bertz CT molecular complexity index is 523. The van der Waals surface area contributed by atoms with Crippen molar-refractivity contribution in [2.24, 2.45) is 0 Å². The maximum atomic E-state index is 4.43. The quantitative estimate of drug-likeness (QED) is 0.882. The Labute approximate surface area is 119 Å². The maximum Gasteiger partial charge on any atom is 0.101 e. The highest BCUT2D eigenvalue weighted by Crippen LogP contribution is 2.27. The van der Waals surface area contributed by atoms with E-state index in [1.165, 1.54) is 16.0 Å². The maximum absolute atomic E-state index is 4.43. The number of nitrogens with one attached hydrogen (secondary N) is 1. The average Bonchev–Trinajstić information content (AvgIpc) is 2.42. The van der Waals surface area contributed by atoms with Gasteiger partial charge >= 0.3 is 0 Å². The van der Waals surface area contributed by atoms with E-state index in [1.807, 2.05) is 6.20 Å². The lowest BCUT2D eigenvalue weighted by molar-refractivity contribution is 0.596. The number of aryl methyl sites for hydroxylation is 1. The number of benzene rings is 1. The van der Waals surface area contributed by atoms with E-state index in [0.29, 0.717) is 6.04 Å². The summed E-state index contributed by atoms with van der Waals surface area (Å²) in [5, 5.41) is 4.47. The van der Waals surface area contributed by atoms with Crippen LogP contribution in [0.1, 0.15) is 31.0 Å². The lowest BCUT2D eigenvalue weighted by Crippen LogP contribution is -2.17. The van der Waals surface area contributed by atoms with E-state index in [4.69, 9.17) is 0 Å². The molecule has 2 nitrogen and oxygen atoms in total. The third-order valence-corrected chi connectivity index (χ3v) is 3.95. The SMILES string of the molecule is CCNC(C)c1ccnc(Sc2ccc(C)cc2)c1. The first-order valence-corrected chi connectivity index (χ1v) is 7.44. The largest absolute Gasteiger partial charge is 0.310 e. The number of pyridine rings is 1. The van der Waals surface area contributed by atoms with Crippen molar-refractivity contribution in [3.8, 4) is 0 Å². The van der Waals surface area contributed by atoms with Crippen LogP contribution in [0.15, 0.2) is 52.5 Å². The molecule has 0 bridgehead atoms. The van der Waals surface area contributed by atoms with Crippen LogP contribution >= 0.6 is 11.8 Å². The van der Waals surface area contributed by atoms with Crippen molar-refractivity contribution in [3.63, 3.8) is 0 Å². The van der Waals surface area contributed by atoms with E-state index >= 15 is 0 Å². The molecule has 0 aliphatic rings. The molecule has 1 aromatic heterocycles. The fourth-order valence-corrected chi connectivity index (χ4v) is 2.72. The Balaban J connectivity index is 2.12. The van der Waals surface area contributed by atoms with Crippen LogP contribution in [0.5, 0.6) is 0 Å². The number of hydrogen-bond donors (Lipinski definition) is 1. The highest BCUT2D eigenvalue weighted by atomic mass is 32.2. The molecule has 100 valence electrons. The first-order valence-electron chi connectivity index (χ1n) is 6.63. The summed E-state index contributed by atoms with van der Waals surface area (Å²) >= 11 is 1.71. The number of nitrogens with zero attached hydrogens (tertiary/aromatic N) is 1. The van der Waals surface area contributed by atoms with Gasteiger partial charge in [-0.25, -0.2) is 4.98 Å². The molecule has 0 amide bonds. The van der Waals surface area contributed by atoms with Crippen LogP contribution in [0.4, 0.5) is 0 Å². The molecule has 0 saturated heterocycles. The van der Waals surface area contributed by atoms with Crippen LogP contribution < -0.4 is 5.32 Å². The predicted molar refractivity (Wildman–Crippen MR) is 81.6 cm³/mol. The molecule has 2 aromatic rings. The minimum absolute atomic E-state index is 0.366. The van der Waals surface area contributed by atoms with Crippen molar-refractivity contribution in [1.29, 1.82) is 0 Å². The van der Waals surface area contributed by atoms with Crippen molar-refractivity contribution in [1.82, 2.24) is 10.3 Å². The molecule has 0 radical (unpaired) electrons. The summed E-state index contributed by atoms with van der Waals surface area (Å²) in [5.74, 6) is 0. The summed E-state index contributed by atoms with van der Waals surface area (Å²) in [6, 6.07) is 13.2. The zero-order valence-electron chi connectivity index (χ0n) is 11.7. The van der Waals surface area contributed by atoms with E-state index < -0.39 is 0 Å². The van der Waals surface area contributed by atoms with E-state index in [0.717, 1.165) is 11.6 Å². The molecule has 1 N–H and O–H groups in total. The standard InChI is InChI=1S/C16H20N2S/c1-4-17-13(3)14-9-10-18-16(11-14)19-15-7-5-12(2)6-8-15/h5-11,13,17H,4H2,1-3H3. The molecule has 0 saturated carbocycles. The molecule has 19 heavy (non-hydrogen) atoms. The summed E-state index contributed by atoms with van der Waals surface area (Å²) in [6.45, 7) is 7.38. The van der Waals surface area contributed by atoms with Crippen molar-refractivity contribution < 1.29 is 0 Å². The topological polar surface area (TPSA) is 24.9 Å². The lowest BCUT2D eigenvalue weighted by atomic mass is 10.1. The van der Waals surface area contributed by atoms with Gasteiger partial charge in [0.05, 0.1) is 0 Å². The van der Waals surface area contributed by atoms with E-state index in [2.05, 4.69) is 67.5 Å². The van der Waals surface area contributed by atoms with Gasteiger partial charge in [0, 0.05) is 17.1 Å². The van der Waals surface area contributed by atoms with Gasteiger partial charge in [0.15, 0.2) is 0 Å². The highest BCUT2D eigenvalue weighted by molar-refractivity contribution is 7.99. The molecular formula is C16H20N2S. The summed E-state index contributed by atoms with van der Waals surface area (Å²) in [7, 11) is 0. The summed E-state index contributed by atoms with van der Waals surface area (Å²) in [4.78, 5) is 5.66. The molecular weight excluding hydrogens is 252 g/mol. The molecule has 3 heteroatoms. The molecule has 2 rings (SSSR count). The van der Waals surface area contributed by atoms with Gasteiger partial charge in [-0.1, -0.05) is 36.4 Å². The summed E-state index contributed by atoms with van der Waals surface area (Å²) in [5.41, 5.74) is 2.57. The van der Waals surface area contributed by atoms with Crippen LogP contribution in [0.2, 0.25) is 0 Å². The van der Waals surface area contributed by atoms with Crippen LogP contribution in [-0.2, 0) is 0 Å². The second-order valence-electron chi connectivity index (χ2n) is 4.62. The van der Waals surface area contributed by atoms with Crippen molar-refractivity contribution in [2.75, 3.05) is 6.54 Å². The zero-order valence-corrected chi connectivity index (χ0v) is 12.5. The minimum Gasteiger partial charge on any atom is -0.310 e. The Kier molecular flexibility index (Phi) is 5.00. The number of rotatable bonds is 5. The molecule has 1 heterocycles. The van der Waals surface area contributed by atoms with Crippen molar-refractivity contribution in [3.05, 3.63) is 53.7 Å². The third-order valence-electron chi connectivity index (χ3n) is 3.01. The van der Waals surface area contributed by atoms with Crippen LogP contribution in [0.25, 0.3) is 0 Å². The number of hydrogen-bond acceptors (Lipinski definition) is 3. The van der Waals surface area contributed by atoms with Gasteiger partial charge in [-0.15, -0.1) is 0 Å². The van der Waals surface area contributed by atoms with Crippen LogP contribution in [-0.4, -0.2) is 11.5 Å². The Morgan fingerprint density at radius 2 is 1.95 bits per heavy atom. The number of aromatic nitrogens is 1. The second kappa shape index (κ2) is 6.73. The Hall–Kier alpha value is -1.32. The third kappa shape index (κ3) is 4.08. The average molecular weight is 272 g/mol. The zero-order chi connectivity index (χ0) is 13.7. The van der Waals surface area contributed by atoms with Gasteiger partial charge in [0.1, 0.15) is 5.03 Å². The lowest BCUT2D eigenvalue weighted by Gasteiger charge is -2.13. The normalized spacial score (nSPS) is 12.4. The molecule has 1 atom stereocenters. The smallest absolute Gasteiger partial charge is 0.101 e. The molecule has 0 aliphatic heterocycles. The molecule has 0 fully saturated rings. The highest BCUT2D eigenvalue weighted by Gasteiger charge is 2.06. The van der Waals surface area contributed by atoms with Gasteiger partial charge in [-0.05, 0) is 50.2 Å². The van der Waals surface area contributed by atoms with E-state index in [-0.39, 0.29) is 0 Å². The minimum atomic E-state index is 0.366. The summed E-state index contributed by atoms with van der Waals surface area (Å²) in [6.07, 6.45) is 1.89. The monoisotopic (exact) mass is 272 g/mol. The van der Waals surface area contributed by atoms with E-state index in [1.54, 1.807) is 11.8 Å².